The van der Waals surface area contributed by atoms with E-state index in [9.17, 15) is 0 Å². The molecule has 1 aromatic rings. The first-order valence-electron chi connectivity index (χ1n) is 5.01. The van der Waals surface area contributed by atoms with Gasteiger partial charge >= 0.3 is 21.7 Å². The van der Waals surface area contributed by atoms with Crippen molar-refractivity contribution >= 4 is 8.07 Å². The second kappa shape index (κ2) is 18.5. The van der Waals surface area contributed by atoms with Gasteiger partial charge in [0.2, 0.25) is 0 Å². The van der Waals surface area contributed by atoms with Gasteiger partial charge in [0.05, 0.1) is 0 Å². The molecule has 0 heterocycles. The van der Waals surface area contributed by atoms with Gasteiger partial charge in [0.25, 0.3) is 0 Å². The molecule has 0 amide bonds. The van der Waals surface area contributed by atoms with Crippen LogP contribution >= 0.6 is 0 Å². The molecule has 0 spiro atoms. The summed E-state index contributed by atoms with van der Waals surface area (Å²) in [7, 11) is 1.39. The molecule has 0 atom stereocenters. The summed E-state index contributed by atoms with van der Waals surface area (Å²) in [4.78, 5) is 0. The maximum absolute atomic E-state index is 8.25. The summed E-state index contributed by atoms with van der Waals surface area (Å²) in [6.07, 6.45) is 0. The standard InChI is InChI=1S/C9H15Si.3CH3O.Ti/c1-10(2,3)8-9-6-4-5-7-9;3*1-2;/h4-7H,8H2,1-3H3;3*1H3;/q4*-1;+4. The first-order valence-corrected chi connectivity index (χ1v) is 8.72. The quantitative estimate of drug-likeness (QED) is 0.557. The molecule has 0 aliphatic carbocycles. The smallest absolute Gasteiger partial charge is 0.857 e. The Bertz CT molecular complexity index is 196. The van der Waals surface area contributed by atoms with Crippen LogP contribution in [0.25, 0.3) is 0 Å². The molecule has 0 aromatic heterocycles. The number of hydrogen-bond donors (Lipinski definition) is 0. The van der Waals surface area contributed by atoms with Crippen LogP contribution in [0.3, 0.4) is 0 Å². The van der Waals surface area contributed by atoms with Gasteiger partial charge < -0.3 is 15.3 Å². The third-order valence-corrected chi connectivity index (χ3v) is 2.94. The molecule has 3 nitrogen and oxygen atoms in total. The zero-order valence-electron chi connectivity index (χ0n) is 11.7. The van der Waals surface area contributed by atoms with E-state index >= 15 is 0 Å². The Morgan fingerprint density at radius 2 is 1.12 bits per heavy atom. The van der Waals surface area contributed by atoms with Gasteiger partial charge in [-0.05, 0) is 0 Å². The molecular weight excluding hydrogens is 268 g/mol. The van der Waals surface area contributed by atoms with E-state index < -0.39 is 8.07 Å². The molecule has 0 saturated carbocycles. The van der Waals surface area contributed by atoms with Crippen molar-refractivity contribution in [2.24, 2.45) is 0 Å². The van der Waals surface area contributed by atoms with E-state index in [1.807, 2.05) is 0 Å². The largest absolute Gasteiger partial charge is 4.00 e. The average molecular weight is 292 g/mol. The molecule has 0 saturated heterocycles. The molecule has 0 aliphatic heterocycles. The summed E-state index contributed by atoms with van der Waals surface area (Å²) < 4.78 is 0. The normalized spacial score (nSPS) is 8.06. The van der Waals surface area contributed by atoms with Gasteiger partial charge in [0.1, 0.15) is 0 Å². The Balaban J connectivity index is -0.000000106. The van der Waals surface area contributed by atoms with Crippen LogP contribution in [0.2, 0.25) is 19.6 Å². The van der Waals surface area contributed by atoms with Crippen molar-refractivity contribution in [2.45, 2.75) is 25.7 Å². The fraction of sp³-hybridized carbons (Fsp3) is 0.583. The summed E-state index contributed by atoms with van der Waals surface area (Å²) in [5.74, 6) is 0. The van der Waals surface area contributed by atoms with Crippen molar-refractivity contribution in [3.8, 4) is 0 Å². The summed E-state index contributed by atoms with van der Waals surface area (Å²) in [5, 5.41) is 24.8. The Hall–Kier alpha value is 0.161. The van der Waals surface area contributed by atoms with Crippen molar-refractivity contribution in [1.82, 2.24) is 0 Å². The molecule has 98 valence electrons. The van der Waals surface area contributed by atoms with E-state index in [0.717, 1.165) is 21.3 Å². The summed E-state index contributed by atoms with van der Waals surface area (Å²) in [6.45, 7) is 7.21. The van der Waals surface area contributed by atoms with Gasteiger partial charge in [-0.3, -0.25) is 0 Å². The maximum Gasteiger partial charge on any atom is 4.00 e. The SMILES string of the molecule is C[O-].C[O-].C[O-].C[Si](C)(C)C[c-]1cccc1.[Ti+4]. The first-order chi connectivity index (χ1) is 7.58. The Labute approximate surface area is 122 Å². The van der Waals surface area contributed by atoms with Gasteiger partial charge in [-0.15, -0.1) is 0 Å². The van der Waals surface area contributed by atoms with Gasteiger partial charge in [0, 0.05) is 8.07 Å². The topological polar surface area (TPSA) is 69.2 Å². The van der Waals surface area contributed by atoms with Gasteiger partial charge in [-0.25, -0.2) is 12.1 Å². The summed E-state index contributed by atoms with van der Waals surface area (Å²) >= 11 is 0. The molecule has 17 heavy (non-hydrogen) atoms. The molecule has 0 aliphatic rings. The van der Waals surface area contributed by atoms with Gasteiger partial charge in [-0.1, -0.05) is 25.7 Å². The van der Waals surface area contributed by atoms with E-state index in [1.54, 1.807) is 0 Å². The van der Waals surface area contributed by atoms with E-state index in [2.05, 4.69) is 43.9 Å². The Morgan fingerprint density at radius 3 is 1.35 bits per heavy atom. The minimum atomic E-state index is -0.862. The van der Waals surface area contributed by atoms with Crippen molar-refractivity contribution < 1.29 is 37.0 Å². The number of rotatable bonds is 2. The van der Waals surface area contributed by atoms with Crippen LogP contribution in [-0.2, 0) is 27.8 Å². The van der Waals surface area contributed by atoms with Crippen LogP contribution in [0.4, 0.5) is 0 Å². The minimum absolute atomic E-state index is 0. The summed E-state index contributed by atoms with van der Waals surface area (Å²) in [5.41, 5.74) is 1.51. The third-order valence-electron chi connectivity index (χ3n) is 1.47. The molecule has 1 aromatic carbocycles. The summed E-state index contributed by atoms with van der Waals surface area (Å²) in [6, 6.07) is 10.0. The van der Waals surface area contributed by atoms with Crippen molar-refractivity contribution in [1.29, 1.82) is 0 Å². The maximum atomic E-state index is 8.25. The van der Waals surface area contributed by atoms with Crippen molar-refractivity contribution in [3.05, 3.63) is 29.8 Å². The average Bonchev–Trinajstić information content (AvgIpc) is 2.77. The molecule has 0 N–H and O–H groups in total. The number of hydrogen-bond acceptors (Lipinski definition) is 3. The van der Waals surface area contributed by atoms with Crippen LogP contribution in [0, 0.1) is 0 Å². The molecule has 0 fully saturated rings. The van der Waals surface area contributed by atoms with Crippen LogP contribution in [0.5, 0.6) is 0 Å². The Morgan fingerprint density at radius 1 is 0.824 bits per heavy atom. The van der Waals surface area contributed by atoms with Crippen LogP contribution in [-0.4, -0.2) is 29.4 Å². The van der Waals surface area contributed by atoms with Crippen LogP contribution < -0.4 is 15.3 Å². The van der Waals surface area contributed by atoms with Crippen LogP contribution in [0.15, 0.2) is 24.3 Å². The zero-order chi connectivity index (χ0) is 13.6. The minimum Gasteiger partial charge on any atom is -0.857 e. The van der Waals surface area contributed by atoms with Crippen molar-refractivity contribution in [2.75, 3.05) is 21.3 Å². The molecule has 5 heteroatoms. The molecule has 1 rings (SSSR count). The second-order valence-electron chi connectivity index (χ2n) is 4.03. The van der Waals surface area contributed by atoms with Gasteiger partial charge in [0.15, 0.2) is 0 Å². The second-order valence-corrected chi connectivity index (χ2v) is 9.51. The fourth-order valence-electron chi connectivity index (χ4n) is 1.14. The zero-order valence-corrected chi connectivity index (χ0v) is 14.3. The van der Waals surface area contributed by atoms with Gasteiger partial charge in [-0.2, -0.15) is 39.0 Å². The molecule has 0 bridgehead atoms. The van der Waals surface area contributed by atoms with E-state index in [-0.39, 0.29) is 21.7 Å². The monoisotopic (exact) mass is 292 g/mol. The van der Waals surface area contributed by atoms with Crippen LogP contribution in [0.1, 0.15) is 5.56 Å². The molecule has 0 unspecified atom stereocenters. The van der Waals surface area contributed by atoms with E-state index in [4.69, 9.17) is 15.3 Å². The third kappa shape index (κ3) is 21.9. The first kappa shape index (κ1) is 25.9. The molecular formula is C12H24O3SiTi. The fourth-order valence-corrected chi connectivity index (χ4v) is 2.60. The predicted octanol–water partition coefficient (Wildman–Crippen LogP) is -0.248. The predicted molar refractivity (Wildman–Crippen MR) is 66.9 cm³/mol. The van der Waals surface area contributed by atoms with E-state index in [0.29, 0.717) is 0 Å². The molecule has 0 radical (unpaired) electrons. The van der Waals surface area contributed by atoms with Crippen molar-refractivity contribution in [3.63, 3.8) is 0 Å². The Kier molecular flexibility index (Phi) is 28.2. The van der Waals surface area contributed by atoms with E-state index in [1.165, 1.54) is 11.6 Å².